The molecule has 96 valence electrons. The fourth-order valence-corrected chi connectivity index (χ4v) is 2.91. The Morgan fingerprint density at radius 3 is 2.44 bits per heavy atom. The van der Waals surface area contributed by atoms with Gasteiger partial charge in [0.1, 0.15) is 0 Å². The van der Waals surface area contributed by atoms with E-state index in [2.05, 4.69) is 18.7 Å². The summed E-state index contributed by atoms with van der Waals surface area (Å²) in [6, 6.07) is 0.499. The Kier molecular flexibility index (Phi) is 5.73. The Bertz CT molecular complexity index is 190. The van der Waals surface area contributed by atoms with E-state index < -0.39 is 0 Å². The van der Waals surface area contributed by atoms with Crippen LogP contribution in [0.5, 0.6) is 0 Å². The number of nitrogens with two attached hydrogens (primary N) is 1. The Balaban J connectivity index is 2.53. The van der Waals surface area contributed by atoms with E-state index in [1.807, 2.05) is 0 Å². The topological polar surface area (TPSA) is 38.5 Å². The van der Waals surface area contributed by atoms with Crippen LogP contribution in [0.3, 0.4) is 0 Å². The number of methoxy groups -OCH3 is 1. The fraction of sp³-hybridized carbons (Fsp3) is 1.00. The Hall–Kier alpha value is -0.120. The molecule has 2 N–H and O–H groups in total. The molecule has 0 spiro atoms. The summed E-state index contributed by atoms with van der Waals surface area (Å²) in [5.74, 6) is 0. The molecule has 0 aromatic carbocycles. The highest BCUT2D eigenvalue weighted by Gasteiger charge is 2.34. The molecular formula is C13H28N2O. The van der Waals surface area contributed by atoms with Crippen molar-refractivity contribution < 1.29 is 4.74 Å². The zero-order chi connectivity index (χ0) is 12.0. The largest absolute Gasteiger partial charge is 0.383 e. The van der Waals surface area contributed by atoms with Gasteiger partial charge in [-0.1, -0.05) is 19.8 Å². The summed E-state index contributed by atoms with van der Waals surface area (Å²) in [7, 11) is 1.78. The molecular weight excluding hydrogens is 200 g/mol. The van der Waals surface area contributed by atoms with Crippen LogP contribution < -0.4 is 5.73 Å². The number of likely N-dealkylation sites (N-methyl/N-ethyl adjacent to an activating group) is 1. The standard InChI is InChI=1S/C13H28N2O/c1-4-15(12(2)9-16-3)11-13(10-14)7-5-6-8-13/h12H,4-11,14H2,1-3H3. The van der Waals surface area contributed by atoms with Gasteiger partial charge in [-0.2, -0.15) is 0 Å². The van der Waals surface area contributed by atoms with Gasteiger partial charge in [-0.3, -0.25) is 4.90 Å². The van der Waals surface area contributed by atoms with Gasteiger partial charge >= 0.3 is 0 Å². The van der Waals surface area contributed by atoms with Crippen molar-refractivity contribution in [1.29, 1.82) is 0 Å². The zero-order valence-electron chi connectivity index (χ0n) is 11.2. The molecule has 1 aliphatic carbocycles. The van der Waals surface area contributed by atoms with Crippen molar-refractivity contribution in [3.8, 4) is 0 Å². The number of rotatable bonds is 7. The predicted octanol–water partition coefficient (Wildman–Crippen LogP) is 1.86. The lowest BCUT2D eigenvalue weighted by Crippen LogP contribution is -2.46. The normalized spacial score (nSPS) is 21.6. The van der Waals surface area contributed by atoms with Crippen LogP contribution in [-0.4, -0.2) is 44.3 Å². The molecule has 0 heterocycles. The third-order valence-electron chi connectivity index (χ3n) is 4.07. The molecule has 0 saturated heterocycles. The molecule has 0 radical (unpaired) electrons. The molecule has 0 aliphatic heterocycles. The molecule has 3 nitrogen and oxygen atoms in total. The molecule has 0 bridgehead atoms. The van der Waals surface area contributed by atoms with Crippen molar-refractivity contribution in [2.24, 2.45) is 11.1 Å². The maximum absolute atomic E-state index is 5.99. The van der Waals surface area contributed by atoms with Crippen LogP contribution in [0, 0.1) is 5.41 Å². The molecule has 0 aromatic rings. The Morgan fingerprint density at radius 1 is 1.38 bits per heavy atom. The minimum atomic E-state index is 0.387. The van der Waals surface area contributed by atoms with E-state index >= 15 is 0 Å². The highest BCUT2D eigenvalue weighted by Crippen LogP contribution is 2.38. The first-order valence-electron chi connectivity index (χ1n) is 6.60. The average molecular weight is 228 g/mol. The van der Waals surface area contributed by atoms with Gasteiger partial charge in [0.2, 0.25) is 0 Å². The summed E-state index contributed by atoms with van der Waals surface area (Å²) < 4.78 is 5.24. The van der Waals surface area contributed by atoms with Crippen molar-refractivity contribution in [2.75, 3.05) is 33.4 Å². The fourth-order valence-electron chi connectivity index (χ4n) is 2.91. The molecule has 0 amide bonds. The third-order valence-corrected chi connectivity index (χ3v) is 4.07. The van der Waals surface area contributed by atoms with Crippen LogP contribution in [0.1, 0.15) is 39.5 Å². The first-order chi connectivity index (χ1) is 7.67. The van der Waals surface area contributed by atoms with E-state index in [-0.39, 0.29) is 0 Å². The second-order valence-electron chi connectivity index (χ2n) is 5.28. The monoisotopic (exact) mass is 228 g/mol. The number of hydrogen-bond acceptors (Lipinski definition) is 3. The van der Waals surface area contributed by atoms with Crippen LogP contribution in [0.2, 0.25) is 0 Å². The molecule has 1 aliphatic rings. The van der Waals surface area contributed by atoms with Gasteiger partial charge in [0.25, 0.3) is 0 Å². The van der Waals surface area contributed by atoms with Crippen molar-refractivity contribution in [2.45, 2.75) is 45.6 Å². The first-order valence-corrected chi connectivity index (χ1v) is 6.60. The highest BCUT2D eigenvalue weighted by atomic mass is 16.5. The van der Waals surface area contributed by atoms with Gasteiger partial charge in [0, 0.05) is 19.7 Å². The van der Waals surface area contributed by atoms with Crippen molar-refractivity contribution in [3.63, 3.8) is 0 Å². The first kappa shape index (κ1) is 13.9. The van der Waals surface area contributed by atoms with E-state index in [4.69, 9.17) is 10.5 Å². The van der Waals surface area contributed by atoms with Crippen molar-refractivity contribution in [1.82, 2.24) is 4.90 Å². The molecule has 0 aromatic heterocycles. The molecule has 16 heavy (non-hydrogen) atoms. The summed E-state index contributed by atoms with van der Waals surface area (Å²) in [5, 5.41) is 0. The molecule has 1 rings (SSSR count). The lowest BCUT2D eigenvalue weighted by atomic mass is 9.85. The Labute approximate surface area is 100 Å². The quantitative estimate of drug-likeness (QED) is 0.723. The highest BCUT2D eigenvalue weighted by molar-refractivity contribution is 4.89. The van der Waals surface area contributed by atoms with Crippen LogP contribution in [-0.2, 0) is 4.74 Å². The second-order valence-corrected chi connectivity index (χ2v) is 5.28. The predicted molar refractivity (Wildman–Crippen MR) is 68.5 cm³/mol. The van der Waals surface area contributed by atoms with Gasteiger partial charge in [0.05, 0.1) is 6.61 Å². The van der Waals surface area contributed by atoms with Crippen molar-refractivity contribution >= 4 is 0 Å². The van der Waals surface area contributed by atoms with Gasteiger partial charge in [-0.25, -0.2) is 0 Å². The zero-order valence-corrected chi connectivity index (χ0v) is 11.2. The van der Waals surface area contributed by atoms with Gasteiger partial charge in [-0.05, 0) is 38.3 Å². The van der Waals surface area contributed by atoms with Gasteiger partial charge < -0.3 is 10.5 Å². The van der Waals surface area contributed by atoms with Crippen LogP contribution in [0.4, 0.5) is 0 Å². The summed E-state index contributed by atoms with van der Waals surface area (Å²) >= 11 is 0. The lowest BCUT2D eigenvalue weighted by molar-refractivity contribution is 0.0695. The minimum absolute atomic E-state index is 0.387. The number of hydrogen-bond donors (Lipinski definition) is 1. The number of nitrogens with zero attached hydrogens (tertiary/aromatic N) is 1. The summed E-state index contributed by atoms with van der Waals surface area (Å²) in [4.78, 5) is 2.52. The smallest absolute Gasteiger partial charge is 0.0615 e. The molecule has 1 unspecified atom stereocenters. The van der Waals surface area contributed by atoms with Crippen LogP contribution in [0.25, 0.3) is 0 Å². The molecule has 1 atom stereocenters. The molecule has 3 heteroatoms. The second kappa shape index (κ2) is 6.58. The van der Waals surface area contributed by atoms with Gasteiger partial charge in [0.15, 0.2) is 0 Å². The van der Waals surface area contributed by atoms with E-state index in [0.717, 1.165) is 26.2 Å². The third kappa shape index (κ3) is 3.44. The van der Waals surface area contributed by atoms with Gasteiger partial charge in [-0.15, -0.1) is 0 Å². The summed E-state index contributed by atoms with van der Waals surface area (Å²) in [5.41, 5.74) is 6.37. The summed E-state index contributed by atoms with van der Waals surface area (Å²) in [6.45, 7) is 8.35. The van der Waals surface area contributed by atoms with Crippen molar-refractivity contribution in [3.05, 3.63) is 0 Å². The van der Waals surface area contributed by atoms with Crippen LogP contribution in [0.15, 0.2) is 0 Å². The van der Waals surface area contributed by atoms with Crippen LogP contribution >= 0.6 is 0 Å². The maximum atomic E-state index is 5.99. The lowest BCUT2D eigenvalue weighted by Gasteiger charge is -2.37. The van der Waals surface area contributed by atoms with E-state index in [1.165, 1.54) is 25.7 Å². The summed E-state index contributed by atoms with van der Waals surface area (Å²) in [6.07, 6.45) is 5.32. The van der Waals surface area contributed by atoms with E-state index in [1.54, 1.807) is 7.11 Å². The SMILES string of the molecule is CCN(CC1(CN)CCCC1)C(C)COC. The van der Waals surface area contributed by atoms with E-state index in [0.29, 0.717) is 11.5 Å². The van der Waals surface area contributed by atoms with E-state index in [9.17, 15) is 0 Å². The minimum Gasteiger partial charge on any atom is -0.383 e. The molecule has 1 saturated carbocycles. The number of ether oxygens (including phenoxy) is 1. The Morgan fingerprint density at radius 2 is 2.00 bits per heavy atom. The molecule has 1 fully saturated rings. The maximum Gasteiger partial charge on any atom is 0.0615 e. The average Bonchev–Trinajstić information content (AvgIpc) is 2.75.